The van der Waals surface area contributed by atoms with E-state index in [1.165, 1.54) is 0 Å². The van der Waals surface area contributed by atoms with Gasteiger partial charge in [-0.1, -0.05) is 0 Å². The van der Waals surface area contributed by atoms with Crippen LogP contribution in [-0.4, -0.2) is 79.8 Å². The van der Waals surface area contributed by atoms with Crippen molar-refractivity contribution in [2.24, 2.45) is 5.92 Å². The summed E-state index contributed by atoms with van der Waals surface area (Å²) in [5, 5.41) is 3.24. The fourth-order valence-electron chi connectivity index (χ4n) is 3.67. The molecule has 3 aliphatic heterocycles. The molecule has 3 fully saturated rings. The van der Waals surface area contributed by atoms with E-state index in [4.69, 9.17) is 0 Å². The van der Waals surface area contributed by atoms with Crippen molar-refractivity contribution in [3.63, 3.8) is 0 Å². The fourth-order valence-corrected chi connectivity index (χ4v) is 5.40. The smallest absolute Gasteiger partial charge is 0.228 e. The zero-order valence-corrected chi connectivity index (χ0v) is 14.9. The zero-order chi connectivity index (χ0) is 15.9. The SMILES string of the molecule is C[C@H]1CNCCN1C(=O)C1CC(=O)N(C2CCS(=O)(=O)C2)C1.Cl. The number of piperazine rings is 1. The molecule has 2 unspecified atom stereocenters. The van der Waals surface area contributed by atoms with Crippen molar-refractivity contribution in [3.8, 4) is 0 Å². The van der Waals surface area contributed by atoms with Crippen molar-refractivity contribution in [2.75, 3.05) is 37.7 Å². The van der Waals surface area contributed by atoms with Crippen LogP contribution in [0.3, 0.4) is 0 Å². The van der Waals surface area contributed by atoms with E-state index in [2.05, 4.69) is 5.32 Å². The minimum absolute atomic E-state index is 0. The third-order valence-electron chi connectivity index (χ3n) is 4.94. The van der Waals surface area contributed by atoms with Crippen LogP contribution >= 0.6 is 12.4 Å². The lowest BCUT2D eigenvalue weighted by atomic mass is 10.0. The Balaban J connectivity index is 0.00000192. The molecular formula is C14H24ClN3O4S. The molecule has 0 aromatic heterocycles. The monoisotopic (exact) mass is 365 g/mol. The first-order valence-corrected chi connectivity index (χ1v) is 9.70. The lowest BCUT2D eigenvalue weighted by molar-refractivity contribution is -0.138. The largest absolute Gasteiger partial charge is 0.338 e. The van der Waals surface area contributed by atoms with Gasteiger partial charge in [-0.15, -0.1) is 12.4 Å². The number of halogens is 1. The number of amides is 2. The minimum atomic E-state index is -3.02. The summed E-state index contributed by atoms with van der Waals surface area (Å²) in [6, 6.07) is -0.104. The predicted molar refractivity (Wildman–Crippen MR) is 88.2 cm³/mol. The van der Waals surface area contributed by atoms with E-state index >= 15 is 0 Å². The first-order valence-electron chi connectivity index (χ1n) is 7.88. The number of carbonyl (C=O) groups excluding carboxylic acids is 2. The summed E-state index contributed by atoms with van der Waals surface area (Å²) in [4.78, 5) is 28.3. The second-order valence-corrected chi connectivity index (χ2v) is 8.82. The Bertz CT molecular complexity index is 583. The van der Waals surface area contributed by atoms with Gasteiger partial charge in [-0.3, -0.25) is 9.59 Å². The highest BCUT2D eigenvalue weighted by molar-refractivity contribution is 7.91. The number of sulfone groups is 1. The molecule has 2 amide bonds. The van der Waals surface area contributed by atoms with Gasteiger partial charge in [0.1, 0.15) is 0 Å². The van der Waals surface area contributed by atoms with Gasteiger partial charge in [0.2, 0.25) is 11.8 Å². The van der Waals surface area contributed by atoms with Crippen LogP contribution in [0.5, 0.6) is 0 Å². The summed E-state index contributed by atoms with van der Waals surface area (Å²) in [6.07, 6.45) is 0.713. The minimum Gasteiger partial charge on any atom is -0.338 e. The number of carbonyl (C=O) groups is 2. The van der Waals surface area contributed by atoms with Gasteiger partial charge in [0.15, 0.2) is 9.84 Å². The van der Waals surface area contributed by atoms with Crippen molar-refractivity contribution in [1.82, 2.24) is 15.1 Å². The van der Waals surface area contributed by atoms with Crippen molar-refractivity contribution < 1.29 is 18.0 Å². The lowest BCUT2D eigenvalue weighted by Crippen LogP contribution is -2.54. The average molecular weight is 366 g/mol. The molecule has 3 atom stereocenters. The van der Waals surface area contributed by atoms with Crippen LogP contribution in [-0.2, 0) is 19.4 Å². The summed E-state index contributed by atoms with van der Waals surface area (Å²) in [5.41, 5.74) is 0. The Labute approximate surface area is 143 Å². The number of nitrogens with zero attached hydrogens (tertiary/aromatic N) is 2. The third kappa shape index (κ3) is 3.80. The second-order valence-electron chi connectivity index (χ2n) is 6.59. The van der Waals surface area contributed by atoms with Crippen LogP contribution in [0.4, 0.5) is 0 Å². The maximum atomic E-state index is 12.6. The standard InChI is InChI=1S/C14H23N3O4S.ClH/c1-10-7-15-3-4-16(10)14(19)11-6-13(18)17(8-11)12-2-5-22(20,21)9-12;/h10-12,15H,2-9H2,1H3;1H/t10-,11?,12?;/m0./s1. The molecule has 0 aromatic rings. The van der Waals surface area contributed by atoms with Crippen molar-refractivity contribution >= 4 is 34.1 Å². The molecule has 3 rings (SSSR count). The van der Waals surface area contributed by atoms with Crippen molar-refractivity contribution in [1.29, 1.82) is 0 Å². The Morgan fingerprint density at radius 2 is 2.09 bits per heavy atom. The second kappa shape index (κ2) is 6.94. The summed E-state index contributed by atoms with van der Waals surface area (Å²) in [5.74, 6) is -0.177. The molecule has 0 radical (unpaired) electrons. The molecule has 0 aromatic carbocycles. The Morgan fingerprint density at radius 1 is 1.35 bits per heavy atom. The number of hydrogen-bond donors (Lipinski definition) is 1. The molecule has 23 heavy (non-hydrogen) atoms. The highest BCUT2D eigenvalue weighted by Gasteiger charge is 2.43. The van der Waals surface area contributed by atoms with Crippen LogP contribution in [0.2, 0.25) is 0 Å². The van der Waals surface area contributed by atoms with Gasteiger partial charge in [0.05, 0.1) is 17.4 Å². The van der Waals surface area contributed by atoms with E-state index < -0.39 is 9.84 Å². The molecule has 3 heterocycles. The summed E-state index contributed by atoms with van der Waals surface area (Å²) in [6.45, 7) is 4.59. The summed E-state index contributed by atoms with van der Waals surface area (Å²) in [7, 11) is -3.02. The normalized spacial score (nSPS) is 33.6. The Hall–Kier alpha value is -0.860. The highest BCUT2D eigenvalue weighted by Crippen LogP contribution is 2.27. The van der Waals surface area contributed by atoms with Gasteiger partial charge in [0, 0.05) is 44.7 Å². The molecule has 132 valence electrons. The molecular weight excluding hydrogens is 342 g/mol. The molecule has 7 nitrogen and oxygen atoms in total. The number of rotatable bonds is 2. The predicted octanol–water partition coefficient (Wildman–Crippen LogP) is -0.736. The van der Waals surface area contributed by atoms with E-state index in [1.807, 2.05) is 11.8 Å². The van der Waals surface area contributed by atoms with Gasteiger partial charge in [-0.25, -0.2) is 8.42 Å². The van der Waals surface area contributed by atoms with E-state index in [-0.39, 0.29) is 60.1 Å². The van der Waals surface area contributed by atoms with Gasteiger partial charge < -0.3 is 15.1 Å². The van der Waals surface area contributed by atoms with Gasteiger partial charge in [-0.05, 0) is 13.3 Å². The summed E-state index contributed by atoms with van der Waals surface area (Å²) < 4.78 is 23.2. The fraction of sp³-hybridized carbons (Fsp3) is 0.857. The maximum absolute atomic E-state index is 12.6. The molecule has 0 bridgehead atoms. The van der Waals surface area contributed by atoms with Crippen LogP contribution in [0.15, 0.2) is 0 Å². The van der Waals surface area contributed by atoms with Crippen LogP contribution in [0.1, 0.15) is 19.8 Å². The van der Waals surface area contributed by atoms with Gasteiger partial charge >= 0.3 is 0 Å². The van der Waals surface area contributed by atoms with Crippen LogP contribution < -0.4 is 5.32 Å². The Kier molecular flexibility index (Phi) is 5.58. The van der Waals surface area contributed by atoms with Crippen molar-refractivity contribution in [2.45, 2.75) is 31.8 Å². The van der Waals surface area contributed by atoms with Crippen LogP contribution in [0, 0.1) is 5.92 Å². The van der Waals surface area contributed by atoms with E-state index in [0.717, 1.165) is 13.1 Å². The topological polar surface area (TPSA) is 86.8 Å². The zero-order valence-electron chi connectivity index (χ0n) is 13.2. The molecule has 1 N–H and O–H groups in total. The maximum Gasteiger partial charge on any atom is 0.228 e. The Morgan fingerprint density at radius 3 is 2.70 bits per heavy atom. The van der Waals surface area contributed by atoms with Crippen LogP contribution in [0.25, 0.3) is 0 Å². The molecule has 0 aliphatic carbocycles. The molecule has 3 aliphatic rings. The van der Waals surface area contributed by atoms with Crippen molar-refractivity contribution in [3.05, 3.63) is 0 Å². The van der Waals surface area contributed by atoms with Gasteiger partial charge in [-0.2, -0.15) is 0 Å². The summed E-state index contributed by atoms with van der Waals surface area (Å²) >= 11 is 0. The number of hydrogen-bond acceptors (Lipinski definition) is 5. The third-order valence-corrected chi connectivity index (χ3v) is 6.69. The highest BCUT2D eigenvalue weighted by atomic mass is 35.5. The number of likely N-dealkylation sites (tertiary alicyclic amines) is 1. The van der Waals surface area contributed by atoms with E-state index in [1.54, 1.807) is 4.90 Å². The lowest BCUT2D eigenvalue weighted by Gasteiger charge is -2.35. The molecule has 0 spiro atoms. The quantitative estimate of drug-likeness (QED) is 0.696. The first-order chi connectivity index (χ1) is 10.4. The van der Waals surface area contributed by atoms with E-state index in [0.29, 0.717) is 19.5 Å². The van der Waals surface area contributed by atoms with E-state index in [9.17, 15) is 18.0 Å². The first kappa shape index (κ1) is 18.5. The average Bonchev–Trinajstić information content (AvgIpc) is 3.01. The van der Waals surface area contributed by atoms with Gasteiger partial charge in [0.25, 0.3) is 0 Å². The number of nitrogens with one attached hydrogen (secondary N) is 1. The molecule has 0 saturated carbocycles. The molecule has 9 heteroatoms. The molecule has 3 saturated heterocycles.